The Morgan fingerprint density at radius 1 is 1.43 bits per heavy atom. The minimum absolute atomic E-state index is 0.136. The molecule has 2 rings (SSSR count). The fourth-order valence-corrected chi connectivity index (χ4v) is 4.74. The zero-order valence-electron chi connectivity index (χ0n) is 11.5. The first-order valence-electron chi connectivity index (χ1n) is 6.07. The monoisotopic (exact) mass is 346 g/mol. The number of carboxylic acids is 1. The van der Waals surface area contributed by atoms with Crippen LogP contribution in [0.1, 0.15) is 21.7 Å². The first-order valence-corrected chi connectivity index (χ1v) is 9.94. The molecule has 6 nitrogen and oxygen atoms in total. The minimum Gasteiger partial charge on any atom is -0.477 e. The molecule has 1 N–H and O–H groups in total. The Bertz CT molecular complexity index is 783. The number of fused-ring (bicyclic) bond motifs is 1. The maximum absolute atomic E-state index is 11.2. The number of aryl methyl sites for hydroxylation is 1. The molecular weight excluding hydrogens is 332 g/mol. The van der Waals surface area contributed by atoms with Gasteiger partial charge in [-0.05, 0) is 18.9 Å². The molecule has 21 heavy (non-hydrogen) atoms. The number of thioether (sulfide) groups is 1. The van der Waals surface area contributed by atoms with Crippen LogP contribution in [0.4, 0.5) is 0 Å². The minimum atomic E-state index is -2.96. The van der Waals surface area contributed by atoms with E-state index in [4.69, 9.17) is 5.11 Å². The van der Waals surface area contributed by atoms with Crippen LogP contribution in [-0.4, -0.2) is 47.2 Å². The average Bonchev–Trinajstić information content (AvgIpc) is 2.72. The van der Waals surface area contributed by atoms with Gasteiger partial charge in [0.25, 0.3) is 0 Å². The second kappa shape index (κ2) is 6.29. The first kappa shape index (κ1) is 16.2. The molecule has 0 aliphatic rings. The molecule has 0 aromatic carbocycles. The van der Waals surface area contributed by atoms with Gasteiger partial charge in [0.05, 0.1) is 5.75 Å². The van der Waals surface area contributed by atoms with Gasteiger partial charge in [-0.1, -0.05) is 0 Å². The van der Waals surface area contributed by atoms with Crippen molar-refractivity contribution in [2.24, 2.45) is 0 Å². The molecule has 9 heteroatoms. The molecule has 114 valence electrons. The van der Waals surface area contributed by atoms with Gasteiger partial charge in [0, 0.05) is 17.4 Å². The van der Waals surface area contributed by atoms with Crippen molar-refractivity contribution in [2.75, 3.05) is 17.8 Å². The molecule has 0 atom stereocenters. The average molecular weight is 346 g/mol. The van der Waals surface area contributed by atoms with Crippen LogP contribution < -0.4 is 0 Å². The van der Waals surface area contributed by atoms with Crippen molar-refractivity contribution in [1.82, 2.24) is 9.97 Å². The van der Waals surface area contributed by atoms with E-state index >= 15 is 0 Å². The van der Waals surface area contributed by atoms with Crippen LogP contribution in [0.25, 0.3) is 10.2 Å². The summed E-state index contributed by atoms with van der Waals surface area (Å²) in [6.45, 7) is 1.74. The Kier molecular flexibility index (Phi) is 4.84. The lowest BCUT2D eigenvalue weighted by Crippen LogP contribution is -2.03. The smallest absolute Gasteiger partial charge is 0.346 e. The van der Waals surface area contributed by atoms with Gasteiger partial charge in [-0.3, -0.25) is 0 Å². The number of nitrogens with zero attached hydrogens (tertiary/aromatic N) is 2. The summed E-state index contributed by atoms with van der Waals surface area (Å²) < 4.78 is 22.2. The zero-order valence-corrected chi connectivity index (χ0v) is 13.9. The zero-order chi connectivity index (χ0) is 15.6. The van der Waals surface area contributed by atoms with Crippen LogP contribution in [0.3, 0.4) is 0 Å². The maximum atomic E-state index is 11.2. The molecule has 0 saturated heterocycles. The predicted molar refractivity (Wildman–Crippen MR) is 84.2 cm³/mol. The van der Waals surface area contributed by atoms with E-state index in [1.54, 1.807) is 6.92 Å². The number of thiophene rings is 1. The van der Waals surface area contributed by atoms with Gasteiger partial charge in [0.15, 0.2) is 0 Å². The van der Waals surface area contributed by atoms with Crippen molar-refractivity contribution in [1.29, 1.82) is 0 Å². The normalized spacial score (nSPS) is 11.9. The standard InChI is InChI=1S/C12H14N2O4S3/c1-7-8-10(19-4-3-5-21(2,17)18)13-6-14-11(8)20-9(7)12(15)16/h6H,3-5H2,1-2H3,(H,15,16). The molecule has 0 saturated carbocycles. The molecule has 0 aliphatic carbocycles. The lowest BCUT2D eigenvalue weighted by atomic mass is 10.2. The molecule has 0 unspecified atom stereocenters. The summed E-state index contributed by atoms with van der Waals surface area (Å²) in [5, 5.41) is 10.6. The highest BCUT2D eigenvalue weighted by Crippen LogP contribution is 2.35. The van der Waals surface area contributed by atoms with Gasteiger partial charge in [0.1, 0.15) is 30.9 Å². The molecule has 0 aliphatic heterocycles. The summed E-state index contributed by atoms with van der Waals surface area (Å²) in [6.07, 6.45) is 3.15. The second-order valence-electron chi connectivity index (χ2n) is 4.55. The number of rotatable bonds is 6. The van der Waals surface area contributed by atoms with Crippen molar-refractivity contribution >= 4 is 49.1 Å². The predicted octanol–water partition coefficient (Wildman–Crippen LogP) is 2.22. The number of aromatic carboxylic acids is 1. The van der Waals surface area contributed by atoms with E-state index in [1.807, 2.05) is 0 Å². The quantitative estimate of drug-likeness (QED) is 0.486. The molecule has 0 radical (unpaired) electrons. The second-order valence-corrected chi connectivity index (χ2v) is 8.89. The van der Waals surface area contributed by atoms with E-state index in [-0.39, 0.29) is 10.6 Å². The third-order valence-corrected chi connectivity index (χ3v) is 6.08. The summed E-state index contributed by atoms with van der Waals surface area (Å²) in [5.41, 5.74) is 0.661. The molecule has 0 bridgehead atoms. The molecule has 2 aromatic rings. The summed E-state index contributed by atoms with van der Waals surface area (Å²) >= 11 is 2.56. The molecule has 2 heterocycles. The van der Waals surface area contributed by atoms with Crippen LogP contribution >= 0.6 is 23.1 Å². The Balaban J connectivity index is 2.22. The van der Waals surface area contributed by atoms with Crippen LogP contribution in [0.15, 0.2) is 11.4 Å². The molecule has 2 aromatic heterocycles. The Labute approximate surface area is 130 Å². The van der Waals surface area contributed by atoms with E-state index in [0.717, 1.165) is 16.7 Å². The van der Waals surface area contributed by atoms with Gasteiger partial charge >= 0.3 is 5.97 Å². The molecular formula is C12H14N2O4S3. The van der Waals surface area contributed by atoms with Gasteiger partial charge < -0.3 is 5.11 Å². The van der Waals surface area contributed by atoms with Crippen molar-refractivity contribution in [3.63, 3.8) is 0 Å². The Morgan fingerprint density at radius 2 is 2.14 bits per heavy atom. The van der Waals surface area contributed by atoms with Crippen molar-refractivity contribution in [3.8, 4) is 0 Å². The van der Waals surface area contributed by atoms with Gasteiger partial charge in [-0.2, -0.15) is 0 Å². The van der Waals surface area contributed by atoms with Crippen molar-refractivity contribution < 1.29 is 18.3 Å². The summed E-state index contributed by atoms with van der Waals surface area (Å²) in [6, 6.07) is 0. The summed E-state index contributed by atoms with van der Waals surface area (Å²) in [5.74, 6) is -0.225. The number of sulfone groups is 1. The van der Waals surface area contributed by atoms with E-state index < -0.39 is 15.8 Å². The van der Waals surface area contributed by atoms with Gasteiger partial charge in [0.2, 0.25) is 0 Å². The van der Waals surface area contributed by atoms with E-state index in [1.165, 1.54) is 24.3 Å². The van der Waals surface area contributed by atoms with Crippen LogP contribution in [0.5, 0.6) is 0 Å². The number of hydrogen-bond donors (Lipinski definition) is 1. The third kappa shape index (κ3) is 3.92. The van der Waals surface area contributed by atoms with E-state index in [0.29, 0.717) is 27.6 Å². The highest BCUT2D eigenvalue weighted by molar-refractivity contribution is 7.99. The fraction of sp³-hybridized carbons (Fsp3) is 0.417. The molecule has 0 fully saturated rings. The van der Waals surface area contributed by atoms with E-state index in [2.05, 4.69) is 9.97 Å². The SMILES string of the molecule is Cc1c(C(=O)O)sc2ncnc(SCCCS(C)(=O)=O)c12. The lowest BCUT2D eigenvalue weighted by molar-refractivity contribution is 0.0701. The Morgan fingerprint density at radius 3 is 2.76 bits per heavy atom. The van der Waals surface area contributed by atoms with Crippen molar-refractivity contribution in [3.05, 3.63) is 16.8 Å². The Hall–Kier alpha value is -1.19. The summed E-state index contributed by atoms with van der Waals surface area (Å²) in [7, 11) is -2.96. The largest absolute Gasteiger partial charge is 0.477 e. The van der Waals surface area contributed by atoms with Crippen LogP contribution in [-0.2, 0) is 9.84 Å². The van der Waals surface area contributed by atoms with Crippen LogP contribution in [0, 0.1) is 6.92 Å². The number of carbonyl (C=O) groups is 1. The van der Waals surface area contributed by atoms with Crippen LogP contribution in [0.2, 0.25) is 0 Å². The first-order chi connectivity index (χ1) is 9.79. The highest BCUT2D eigenvalue weighted by Gasteiger charge is 2.18. The highest BCUT2D eigenvalue weighted by atomic mass is 32.2. The fourth-order valence-electron chi connectivity index (χ4n) is 1.84. The molecule has 0 spiro atoms. The molecule has 0 amide bonds. The maximum Gasteiger partial charge on any atom is 0.346 e. The number of carboxylic acid groups (broad SMARTS) is 1. The summed E-state index contributed by atoms with van der Waals surface area (Å²) in [4.78, 5) is 20.4. The topological polar surface area (TPSA) is 97.2 Å². The number of aromatic nitrogens is 2. The van der Waals surface area contributed by atoms with Gasteiger partial charge in [-0.15, -0.1) is 23.1 Å². The lowest BCUT2D eigenvalue weighted by Gasteiger charge is -2.03. The third-order valence-electron chi connectivity index (χ3n) is 2.78. The van der Waals surface area contributed by atoms with E-state index in [9.17, 15) is 13.2 Å². The van der Waals surface area contributed by atoms with Crippen molar-refractivity contribution in [2.45, 2.75) is 18.4 Å². The number of hydrogen-bond acceptors (Lipinski definition) is 7. The van der Waals surface area contributed by atoms with Gasteiger partial charge in [-0.25, -0.2) is 23.2 Å².